The van der Waals surface area contributed by atoms with Crippen LogP contribution in [0.25, 0.3) is 21.9 Å². The molecule has 1 unspecified atom stereocenters. The first-order valence-corrected chi connectivity index (χ1v) is 8.77. The molecule has 1 aliphatic rings. The Bertz CT molecular complexity index is 991. The van der Waals surface area contributed by atoms with Crippen LogP contribution in [0.5, 0.6) is 0 Å². The fourth-order valence-corrected chi connectivity index (χ4v) is 3.26. The van der Waals surface area contributed by atoms with E-state index in [4.69, 9.17) is 5.73 Å². The van der Waals surface area contributed by atoms with Gasteiger partial charge in [0.15, 0.2) is 0 Å². The first-order chi connectivity index (χ1) is 12.4. The predicted molar refractivity (Wildman–Crippen MR) is 104 cm³/mol. The van der Waals surface area contributed by atoms with Gasteiger partial charge in [-0.15, -0.1) is 0 Å². The van der Waals surface area contributed by atoms with Crippen molar-refractivity contribution in [3.63, 3.8) is 0 Å². The number of aromatic amines is 1. The summed E-state index contributed by atoms with van der Waals surface area (Å²) in [5.41, 5.74) is 10.7. The first kappa shape index (κ1) is 16.6. The van der Waals surface area contributed by atoms with E-state index in [9.17, 15) is 4.39 Å². The number of allylic oxidation sites excluding steroid dienone is 1. The molecule has 0 amide bonds. The number of alkyl halides is 1. The molecule has 1 saturated carbocycles. The third-order valence-electron chi connectivity index (χ3n) is 4.87. The minimum atomic E-state index is -0.784. The smallest absolute Gasteiger partial charge is 0.130 e. The van der Waals surface area contributed by atoms with E-state index in [2.05, 4.69) is 47.0 Å². The zero-order chi connectivity index (χ0) is 18.4. The molecule has 5 nitrogen and oxygen atoms in total. The number of anilines is 2. The molecule has 1 fully saturated rings. The Labute approximate surface area is 151 Å². The van der Waals surface area contributed by atoms with Crippen LogP contribution in [0.2, 0.25) is 0 Å². The number of pyridine rings is 1. The van der Waals surface area contributed by atoms with Crippen LogP contribution in [0.3, 0.4) is 0 Å². The van der Waals surface area contributed by atoms with E-state index < -0.39 is 6.17 Å². The summed E-state index contributed by atoms with van der Waals surface area (Å²) in [6, 6.07) is 5.95. The molecule has 0 radical (unpaired) electrons. The summed E-state index contributed by atoms with van der Waals surface area (Å²) in [6.45, 7) is 8.16. The Morgan fingerprint density at radius 1 is 1.35 bits per heavy atom. The van der Waals surface area contributed by atoms with Crippen molar-refractivity contribution >= 4 is 22.3 Å². The van der Waals surface area contributed by atoms with E-state index in [0.29, 0.717) is 29.5 Å². The lowest BCUT2D eigenvalue weighted by Gasteiger charge is -2.12. The number of rotatable bonds is 5. The topological polar surface area (TPSA) is 79.6 Å². The number of fused-ring (bicyclic) bond motifs is 1. The van der Waals surface area contributed by atoms with Crippen LogP contribution in [0.15, 0.2) is 42.9 Å². The molecule has 26 heavy (non-hydrogen) atoms. The van der Waals surface area contributed by atoms with Crippen LogP contribution in [0, 0.1) is 5.92 Å². The van der Waals surface area contributed by atoms with E-state index in [-0.39, 0.29) is 5.92 Å². The highest BCUT2D eigenvalue weighted by molar-refractivity contribution is 5.97. The molecule has 0 spiro atoms. The third kappa shape index (κ3) is 2.92. The maximum absolute atomic E-state index is 13.2. The second-order valence-electron chi connectivity index (χ2n) is 7.22. The average molecular weight is 351 g/mol. The molecular formula is C20H22FN5. The number of aromatic nitrogens is 3. The van der Waals surface area contributed by atoms with Crippen molar-refractivity contribution in [2.24, 2.45) is 5.92 Å². The van der Waals surface area contributed by atoms with Crippen molar-refractivity contribution in [1.82, 2.24) is 15.2 Å². The fraction of sp³-hybridized carbons (Fsp3) is 0.300. The van der Waals surface area contributed by atoms with Crippen molar-refractivity contribution in [2.45, 2.75) is 32.4 Å². The van der Waals surface area contributed by atoms with Gasteiger partial charge in [-0.1, -0.05) is 20.4 Å². The second-order valence-corrected chi connectivity index (χ2v) is 7.22. The Morgan fingerprint density at radius 2 is 2.12 bits per heavy atom. The minimum Gasteiger partial charge on any atom is -0.398 e. The van der Waals surface area contributed by atoms with Gasteiger partial charge in [0, 0.05) is 40.1 Å². The van der Waals surface area contributed by atoms with Gasteiger partial charge >= 0.3 is 0 Å². The number of benzene rings is 1. The van der Waals surface area contributed by atoms with Crippen molar-refractivity contribution in [1.29, 1.82) is 0 Å². The van der Waals surface area contributed by atoms with Crippen LogP contribution in [0.1, 0.15) is 31.9 Å². The van der Waals surface area contributed by atoms with Gasteiger partial charge in [0.1, 0.15) is 12.0 Å². The predicted octanol–water partition coefficient (Wildman–Crippen LogP) is 4.61. The summed E-state index contributed by atoms with van der Waals surface area (Å²) in [7, 11) is 0. The Kier molecular flexibility index (Phi) is 3.90. The maximum Gasteiger partial charge on any atom is 0.130 e. The van der Waals surface area contributed by atoms with Crippen molar-refractivity contribution in [2.75, 3.05) is 11.1 Å². The lowest BCUT2D eigenvalue weighted by Crippen LogP contribution is -2.03. The van der Waals surface area contributed by atoms with Crippen LogP contribution < -0.4 is 11.1 Å². The van der Waals surface area contributed by atoms with Crippen molar-refractivity contribution in [3.05, 3.63) is 48.6 Å². The molecule has 0 bridgehead atoms. The monoisotopic (exact) mass is 351 g/mol. The molecule has 1 aromatic carbocycles. The number of nitrogens with one attached hydrogen (secondary N) is 2. The molecule has 6 heteroatoms. The summed E-state index contributed by atoms with van der Waals surface area (Å²) >= 11 is 0. The number of H-pyrrole nitrogens is 1. The van der Waals surface area contributed by atoms with E-state index in [1.165, 1.54) is 0 Å². The van der Waals surface area contributed by atoms with Crippen molar-refractivity contribution < 1.29 is 4.39 Å². The fourth-order valence-electron chi connectivity index (χ4n) is 3.26. The summed E-state index contributed by atoms with van der Waals surface area (Å²) in [5.74, 6) is 0.868. The van der Waals surface area contributed by atoms with E-state index in [1.807, 2.05) is 18.3 Å². The standard InChI is InChI=1S/C20H22FN5/c1-10(2)20-16(9-24-26-20)12-4-13-6-19(23-8-15(13)18(22)5-12)25-11(3)14-7-17(14)21/h4-6,8-10,14,17H,3,7,22H2,1-2H3,(H,23,25)(H,24,26)/t14?,17-/m0/s1. The van der Waals surface area contributed by atoms with Gasteiger partial charge in [0.05, 0.1) is 6.20 Å². The van der Waals surface area contributed by atoms with Gasteiger partial charge in [-0.25, -0.2) is 9.37 Å². The van der Waals surface area contributed by atoms with Crippen molar-refractivity contribution in [3.8, 4) is 11.1 Å². The number of nitrogen functional groups attached to an aromatic ring is 1. The van der Waals surface area contributed by atoms with Crippen LogP contribution in [-0.2, 0) is 0 Å². The molecule has 3 aromatic rings. The Morgan fingerprint density at radius 3 is 2.81 bits per heavy atom. The highest BCUT2D eigenvalue weighted by Crippen LogP contribution is 2.40. The molecular weight excluding hydrogens is 329 g/mol. The van der Waals surface area contributed by atoms with E-state index in [1.54, 1.807) is 6.20 Å². The van der Waals surface area contributed by atoms with Gasteiger partial charge in [0.25, 0.3) is 0 Å². The number of nitrogens with zero attached hydrogens (tertiary/aromatic N) is 2. The summed E-state index contributed by atoms with van der Waals surface area (Å²) in [5, 5.41) is 12.2. The molecule has 4 N–H and O–H groups in total. The number of halogens is 1. The van der Waals surface area contributed by atoms with Crippen LogP contribution >= 0.6 is 0 Å². The quantitative estimate of drug-likeness (QED) is 0.586. The Balaban J connectivity index is 1.72. The highest BCUT2D eigenvalue weighted by atomic mass is 19.1. The van der Waals surface area contributed by atoms with Gasteiger partial charge in [-0.3, -0.25) is 5.10 Å². The number of hydrogen-bond acceptors (Lipinski definition) is 4. The second kappa shape index (κ2) is 6.12. The number of nitrogens with two attached hydrogens (primary N) is 1. The molecule has 134 valence electrons. The van der Waals surface area contributed by atoms with E-state index >= 15 is 0 Å². The lowest BCUT2D eigenvalue weighted by atomic mass is 9.97. The maximum atomic E-state index is 13.2. The largest absolute Gasteiger partial charge is 0.398 e. The van der Waals surface area contributed by atoms with E-state index in [0.717, 1.165) is 27.6 Å². The zero-order valence-corrected chi connectivity index (χ0v) is 14.9. The number of hydrogen-bond donors (Lipinski definition) is 3. The summed E-state index contributed by atoms with van der Waals surface area (Å²) in [4.78, 5) is 4.39. The SMILES string of the molecule is C=C(Nc1cc2cc(-c3cn[nH]c3C(C)C)cc(N)c2cn1)C1C[C@@H]1F. The average Bonchev–Trinajstić information content (AvgIpc) is 3.13. The molecule has 1 aliphatic carbocycles. The molecule has 2 aromatic heterocycles. The molecule has 0 aliphatic heterocycles. The normalized spacial score (nSPS) is 19.1. The van der Waals surface area contributed by atoms with Crippen LogP contribution in [0.4, 0.5) is 15.9 Å². The minimum absolute atomic E-state index is 0.108. The third-order valence-corrected chi connectivity index (χ3v) is 4.87. The Hall–Kier alpha value is -2.89. The highest BCUT2D eigenvalue weighted by Gasteiger charge is 2.39. The molecule has 4 rings (SSSR count). The summed E-state index contributed by atoms with van der Waals surface area (Å²) in [6.07, 6.45) is 3.32. The molecule has 0 saturated heterocycles. The molecule has 2 atom stereocenters. The van der Waals surface area contributed by atoms with Gasteiger partial charge < -0.3 is 11.1 Å². The summed E-state index contributed by atoms with van der Waals surface area (Å²) < 4.78 is 13.2. The first-order valence-electron chi connectivity index (χ1n) is 8.77. The zero-order valence-electron chi connectivity index (χ0n) is 14.9. The van der Waals surface area contributed by atoms with Crippen LogP contribution in [-0.4, -0.2) is 21.4 Å². The van der Waals surface area contributed by atoms with Gasteiger partial charge in [-0.2, -0.15) is 5.10 Å². The van der Waals surface area contributed by atoms with Gasteiger partial charge in [-0.05, 0) is 41.5 Å². The molecule has 2 heterocycles. The lowest BCUT2D eigenvalue weighted by molar-refractivity contribution is 0.459. The van der Waals surface area contributed by atoms with Gasteiger partial charge in [0.2, 0.25) is 0 Å².